The molecule has 2 atom stereocenters. The lowest BCUT2D eigenvalue weighted by Gasteiger charge is -2.34. The third kappa shape index (κ3) is 6.18. The average Bonchev–Trinajstić information content (AvgIpc) is 4.34. The molecule has 3 heterocycles. The second kappa shape index (κ2) is 16.7. The summed E-state index contributed by atoms with van der Waals surface area (Å²) >= 11 is 1.87. The molecule has 0 saturated carbocycles. The second-order valence-electron chi connectivity index (χ2n) is 20.9. The fourth-order valence-corrected chi connectivity index (χ4v) is 14.9. The maximum Gasteiger partial charge on any atom is 0.156 e. The van der Waals surface area contributed by atoms with Crippen molar-refractivity contribution in [3.05, 3.63) is 294 Å². The molecule has 2 aliphatic rings. The minimum absolute atomic E-state index is 0.207. The summed E-state index contributed by atoms with van der Waals surface area (Å²) in [5, 5.41) is 9.96. The number of nitrogens with zero attached hydrogens (tertiary/aromatic N) is 2. The Hall–Kier alpha value is -9.15. The van der Waals surface area contributed by atoms with Crippen molar-refractivity contribution in [3.63, 3.8) is 0 Å². The van der Waals surface area contributed by atoms with Gasteiger partial charge >= 0.3 is 0 Å². The number of hydrogen-bond donors (Lipinski definition) is 0. The largest absolute Gasteiger partial charge is 0.291 e. The molecule has 16 rings (SSSR count). The molecular weight excluding hydrogens is 937 g/mol. The quantitative estimate of drug-likeness (QED) is 0.162. The molecule has 356 valence electrons. The lowest BCUT2D eigenvalue weighted by molar-refractivity contribution is 0.638. The van der Waals surface area contributed by atoms with Crippen LogP contribution < -0.4 is 0 Å². The van der Waals surface area contributed by atoms with Gasteiger partial charge in [0, 0.05) is 26.8 Å². The fraction of sp³-hybridized carbons (Fsp3) is 0.0548. The van der Waals surface area contributed by atoms with Gasteiger partial charge in [0.25, 0.3) is 0 Å². The van der Waals surface area contributed by atoms with Crippen LogP contribution in [-0.2, 0) is 5.41 Å². The van der Waals surface area contributed by atoms with Gasteiger partial charge < -0.3 is 0 Å². The molecule has 0 N–H and O–H groups in total. The molecule has 0 aliphatic heterocycles. The Balaban J connectivity index is 0.781. The van der Waals surface area contributed by atoms with Crippen LogP contribution in [0.2, 0.25) is 0 Å². The highest BCUT2D eigenvalue weighted by atomic mass is 32.1. The van der Waals surface area contributed by atoms with Crippen LogP contribution in [0.25, 0.3) is 108 Å². The summed E-state index contributed by atoms with van der Waals surface area (Å²) in [7, 11) is 0. The van der Waals surface area contributed by atoms with Crippen molar-refractivity contribution in [2.24, 2.45) is 5.92 Å². The minimum Gasteiger partial charge on any atom is -0.291 e. The third-order valence-corrected chi connectivity index (χ3v) is 18.2. The SMILES string of the molecule is CC1C=C(c2ccc(-c3ccc(-c4cc5c6ccc7ccccc7c6sc5c5nc6c7ccccc7ccc6n45)cc3)c3ccccc23)C=CC1c1cccc2c1-c1ccccc1C2(c1ccccc1)c1ccccc1. The number of pyridine rings is 1. The van der Waals surface area contributed by atoms with E-state index in [4.69, 9.17) is 4.98 Å². The lowest BCUT2D eigenvalue weighted by atomic mass is 9.67. The molecule has 76 heavy (non-hydrogen) atoms. The Kier molecular flexibility index (Phi) is 9.50. The van der Waals surface area contributed by atoms with Crippen molar-refractivity contribution in [2.75, 3.05) is 0 Å². The summed E-state index contributed by atoms with van der Waals surface area (Å²) < 4.78 is 4.93. The smallest absolute Gasteiger partial charge is 0.156 e. The summed E-state index contributed by atoms with van der Waals surface area (Å²) in [5.41, 5.74) is 19.4. The number of thiophene rings is 1. The Morgan fingerprint density at radius 1 is 0.461 bits per heavy atom. The zero-order valence-electron chi connectivity index (χ0n) is 41.8. The molecule has 11 aromatic carbocycles. The summed E-state index contributed by atoms with van der Waals surface area (Å²) in [5.74, 6) is 0.467. The van der Waals surface area contributed by atoms with Crippen LogP contribution in [0.15, 0.2) is 261 Å². The van der Waals surface area contributed by atoms with E-state index in [1.165, 1.54) is 114 Å². The number of imidazole rings is 1. The van der Waals surface area contributed by atoms with Crippen LogP contribution in [0.1, 0.15) is 46.2 Å². The van der Waals surface area contributed by atoms with Crippen LogP contribution in [0.4, 0.5) is 0 Å². The van der Waals surface area contributed by atoms with E-state index in [1.54, 1.807) is 0 Å². The number of fused-ring (bicyclic) bond motifs is 15. The number of hydrogen-bond acceptors (Lipinski definition) is 2. The van der Waals surface area contributed by atoms with Gasteiger partial charge in [-0.05, 0) is 112 Å². The van der Waals surface area contributed by atoms with E-state index in [0.29, 0.717) is 0 Å². The van der Waals surface area contributed by atoms with Crippen LogP contribution in [0.3, 0.4) is 0 Å². The summed E-state index contributed by atoms with van der Waals surface area (Å²) in [6, 6.07) is 90.2. The predicted octanol–water partition coefficient (Wildman–Crippen LogP) is 19.4. The molecule has 3 aromatic heterocycles. The van der Waals surface area contributed by atoms with Crippen molar-refractivity contribution < 1.29 is 0 Å². The van der Waals surface area contributed by atoms with E-state index in [-0.39, 0.29) is 11.8 Å². The maximum absolute atomic E-state index is 5.51. The average molecular weight is 985 g/mol. The van der Waals surface area contributed by atoms with E-state index in [2.05, 4.69) is 272 Å². The molecule has 2 nitrogen and oxygen atoms in total. The Morgan fingerprint density at radius 3 is 1.84 bits per heavy atom. The molecule has 2 unspecified atom stereocenters. The number of rotatable bonds is 6. The van der Waals surface area contributed by atoms with Crippen molar-refractivity contribution in [2.45, 2.75) is 18.3 Å². The molecule has 3 heteroatoms. The number of aromatic nitrogens is 2. The minimum atomic E-state index is -0.422. The van der Waals surface area contributed by atoms with E-state index >= 15 is 0 Å². The molecule has 0 spiro atoms. The van der Waals surface area contributed by atoms with Gasteiger partial charge in [-0.2, -0.15) is 0 Å². The Labute approximate surface area is 444 Å². The molecule has 0 fully saturated rings. The highest BCUT2D eigenvalue weighted by Gasteiger charge is 2.47. The summed E-state index contributed by atoms with van der Waals surface area (Å²) in [6.45, 7) is 2.40. The van der Waals surface area contributed by atoms with Crippen LogP contribution in [0.5, 0.6) is 0 Å². The van der Waals surface area contributed by atoms with Gasteiger partial charge in [0.15, 0.2) is 5.65 Å². The predicted molar refractivity (Wildman–Crippen MR) is 322 cm³/mol. The van der Waals surface area contributed by atoms with Gasteiger partial charge in [0.2, 0.25) is 0 Å². The van der Waals surface area contributed by atoms with Crippen molar-refractivity contribution >= 4 is 86.1 Å². The topological polar surface area (TPSA) is 17.3 Å². The first-order valence-electron chi connectivity index (χ1n) is 26.6. The molecule has 2 aliphatic carbocycles. The highest BCUT2D eigenvalue weighted by molar-refractivity contribution is 7.27. The fourth-order valence-electron chi connectivity index (χ4n) is 13.6. The first-order valence-corrected chi connectivity index (χ1v) is 27.4. The molecule has 0 amide bonds. The standard InChI is InChI=1S/C73H48N2S/c1-45-43-50(36-38-53(45)60-28-16-30-65-68(60)62-27-14-15-29-64(62)73(65,51-19-4-2-5-20-51)52-21-6-3-7-22-52)55-41-40-54(58-25-12-13-26-59(55)58)48-31-33-49(34-32-48)67-44-63-61-39-35-47-18-9-11-24-57(47)70(61)76-71(63)72-74-69-56-23-10-8-17-46(56)37-42-66(69)75(67)72/h2-45,53H,1H3. The first kappa shape index (κ1) is 43.3. The zero-order valence-corrected chi connectivity index (χ0v) is 42.6. The monoisotopic (exact) mass is 984 g/mol. The summed E-state index contributed by atoms with van der Waals surface area (Å²) in [4.78, 5) is 5.51. The van der Waals surface area contributed by atoms with Gasteiger partial charge in [-0.1, -0.05) is 256 Å². The maximum atomic E-state index is 5.51. The van der Waals surface area contributed by atoms with E-state index in [1.807, 2.05) is 11.3 Å². The van der Waals surface area contributed by atoms with Crippen LogP contribution in [0, 0.1) is 5.92 Å². The van der Waals surface area contributed by atoms with E-state index in [9.17, 15) is 0 Å². The molecule has 14 aromatic rings. The Morgan fingerprint density at radius 2 is 1.08 bits per heavy atom. The third-order valence-electron chi connectivity index (χ3n) is 17.0. The normalized spacial score (nSPS) is 15.8. The van der Waals surface area contributed by atoms with Crippen molar-refractivity contribution in [1.29, 1.82) is 0 Å². The first-order chi connectivity index (χ1) is 37.6. The zero-order chi connectivity index (χ0) is 50.1. The van der Waals surface area contributed by atoms with Crippen molar-refractivity contribution in [3.8, 4) is 33.5 Å². The molecule has 0 saturated heterocycles. The molecular formula is C73H48N2S. The van der Waals surface area contributed by atoms with Gasteiger partial charge in [-0.25, -0.2) is 4.98 Å². The molecule has 0 bridgehead atoms. The van der Waals surface area contributed by atoms with Crippen LogP contribution >= 0.6 is 11.3 Å². The van der Waals surface area contributed by atoms with Gasteiger partial charge in [0.1, 0.15) is 0 Å². The van der Waals surface area contributed by atoms with E-state index < -0.39 is 5.41 Å². The van der Waals surface area contributed by atoms with E-state index in [0.717, 1.165) is 27.9 Å². The number of allylic oxidation sites excluding steroid dienone is 4. The lowest BCUT2D eigenvalue weighted by Crippen LogP contribution is -2.28. The highest BCUT2D eigenvalue weighted by Crippen LogP contribution is 2.58. The summed E-state index contributed by atoms with van der Waals surface area (Å²) in [6.07, 6.45) is 7.39. The van der Waals surface area contributed by atoms with Gasteiger partial charge in [0.05, 0.1) is 26.8 Å². The van der Waals surface area contributed by atoms with Crippen LogP contribution in [-0.4, -0.2) is 9.38 Å². The molecule has 0 radical (unpaired) electrons. The Bertz CT molecular complexity index is 4730. The number of benzene rings is 11. The van der Waals surface area contributed by atoms with Gasteiger partial charge in [-0.3, -0.25) is 4.40 Å². The van der Waals surface area contributed by atoms with Gasteiger partial charge in [-0.15, -0.1) is 11.3 Å². The second-order valence-corrected chi connectivity index (χ2v) is 21.9. The van der Waals surface area contributed by atoms with Crippen molar-refractivity contribution in [1.82, 2.24) is 9.38 Å².